The zero-order chi connectivity index (χ0) is 9.30. The van der Waals surface area contributed by atoms with Gasteiger partial charge in [0.1, 0.15) is 6.10 Å². The van der Waals surface area contributed by atoms with Gasteiger partial charge >= 0.3 is 6.09 Å². The first kappa shape index (κ1) is 9.32. The highest BCUT2D eigenvalue weighted by atomic mass is 16.6. The number of amides is 1. The van der Waals surface area contributed by atoms with E-state index in [0.29, 0.717) is 0 Å². The molecule has 1 rings (SSSR count). The van der Waals surface area contributed by atoms with Gasteiger partial charge in [-0.05, 0) is 20.8 Å². The Morgan fingerprint density at radius 3 is 2.50 bits per heavy atom. The third-order valence-corrected chi connectivity index (χ3v) is 2.18. The fourth-order valence-corrected chi connectivity index (χ4v) is 1.51. The average molecular weight is 173 g/mol. The zero-order valence-corrected chi connectivity index (χ0v) is 7.65. The van der Waals surface area contributed by atoms with Crippen LogP contribution in [0.25, 0.3) is 0 Å². The van der Waals surface area contributed by atoms with Crippen LogP contribution < -0.4 is 0 Å². The van der Waals surface area contributed by atoms with Crippen LogP contribution in [-0.2, 0) is 4.74 Å². The van der Waals surface area contributed by atoms with Crippen LogP contribution in [0, 0.1) is 0 Å². The zero-order valence-electron chi connectivity index (χ0n) is 7.65. The van der Waals surface area contributed by atoms with Crippen LogP contribution in [0.3, 0.4) is 0 Å². The average Bonchev–Trinajstić information content (AvgIpc) is 2.25. The Balaban J connectivity index is 2.70. The summed E-state index contributed by atoms with van der Waals surface area (Å²) in [7, 11) is 0. The van der Waals surface area contributed by atoms with Crippen molar-refractivity contribution in [2.45, 2.75) is 39.0 Å². The minimum absolute atomic E-state index is 0.0255. The second-order valence-electron chi connectivity index (χ2n) is 3.35. The summed E-state index contributed by atoms with van der Waals surface area (Å²) in [6, 6.07) is 0.103. The van der Waals surface area contributed by atoms with Crippen LogP contribution in [0.2, 0.25) is 0 Å². The van der Waals surface area contributed by atoms with Crippen LogP contribution in [0.1, 0.15) is 20.8 Å². The van der Waals surface area contributed by atoms with Crippen LogP contribution in [0.4, 0.5) is 4.79 Å². The molecule has 0 aliphatic carbocycles. The first-order chi connectivity index (χ1) is 5.57. The lowest BCUT2D eigenvalue weighted by Crippen LogP contribution is -2.39. The molecule has 1 aliphatic rings. The third kappa shape index (κ3) is 1.39. The van der Waals surface area contributed by atoms with E-state index in [0.717, 1.165) is 0 Å². The molecular formula is C8H15NO3. The van der Waals surface area contributed by atoms with Crippen molar-refractivity contribution >= 4 is 6.09 Å². The Bertz CT molecular complexity index is 181. The summed E-state index contributed by atoms with van der Waals surface area (Å²) in [5.74, 6) is 0. The van der Waals surface area contributed by atoms with Gasteiger partial charge in [0.2, 0.25) is 0 Å². The fourth-order valence-electron chi connectivity index (χ4n) is 1.51. The number of carbonyl (C=O) groups is 1. The number of ether oxygens (including phenoxy) is 1. The molecule has 1 saturated heterocycles. The maximum Gasteiger partial charge on any atom is 0.410 e. The van der Waals surface area contributed by atoms with Gasteiger partial charge in [-0.2, -0.15) is 0 Å². The standard InChI is InChI=1S/C8H15NO3/c1-5(2)9-6(3)7(4-10)12-8(9)11/h5-7,10H,4H2,1-3H3/t6-,7?/m0/s1. The Labute approximate surface area is 72.1 Å². The third-order valence-electron chi connectivity index (χ3n) is 2.18. The summed E-state index contributed by atoms with van der Waals surface area (Å²) in [6.07, 6.45) is -0.684. The summed E-state index contributed by atoms with van der Waals surface area (Å²) in [4.78, 5) is 12.8. The van der Waals surface area contributed by atoms with E-state index in [1.165, 1.54) is 0 Å². The number of carbonyl (C=O) groups excluding carboxylic acids is 1. The Kier molecular flexibility index (Phi) is 2.57. The second kappa shape index (κ2) is 3.31. The molecule has 4 heteroatoms. The van der Waals surface area contributed by atoms with E-state index in [1.807, 2.05) is 20.8 Å². The molecule has 0 aromatic rings. The number of hydrogen-bond donors (Lipinski definition) is 1. The van der Waals surface area contributed by atoms with Gasteiger partial charge in [-0.3, -0.25) is 4.90 Å². The van der Waals surface area contributed by atoms with Crippen LogP contribution >= 0.6 is 0 Å². The summed E-state index contributed by atoms with van der Waals surface area (Å²) >= 11 is 0. The summed E-state index contributed by atoms with van der Waals surface area (Å²) in [6.45, 7) is 5.64. The first-order valence-electron chi connectivity index (χ1n) is 4.17. The predicted molar refractivity (Wildman–Crippen MR) is 43.8 cm³/mol. The lowest BCUT2D eigenvalue weighted by molar-refractivity contribution is 0.0853. The summed E-state index contributed by atoms with van der Waals surface area (Å²) < 4.78 is 4.93. The highest BCUT2D eigenvalue weighted by molar-refractivity contribution is 5.71. The van der Waals surface area contributed by atoms with E-state index < -0.39 is 0 Å². The van der Waals surface area contributed by atoms with Gasteiger partial charge in [-0.1, -0.05) is 0 Å². The summed E-state index contributed by atoms with van der Waals surface area (Å²) in [5.41, 5.74) is 0. The normalized spacial score (nSPS) is 29.8. The second-order valence-corrected chi connectivity index (χ2v) is 3.35. The maximum absolute atomic E-state index is 11.2. The molecule has 12 heavy (non-hydrogen) atoms. The molecule has 1 N–H and O–H groups in total. The van der Waals surface area contributed by atoms with Gasteiger partial charge < -0.3 is 9.84 Å². The maximum atomic E-state index is 11.2. The molecule has 1 aliphatic heterocycles. The van der Waals surface area contributed by atoms with Crippen LogP contribution in [0.5, 0.6) is 0 Å². The molecule has 1 unspecified atom stereocenters. The molecule has 0 aromatic heterocycles. The summed E-state index contributed by atoms with van der Waals surface area (Å²) in [5, 5.41) is 8.85. The number of hydrogen-bond acceptors (Lipinski definition) is 3. The molecule has 70 valence electrons. The van der Waals surface area contributed by atoms with Crippen molar-refractivity contribution in [3.8, 4) is 0 Å². The fraction of sp³-hybridized carbons (Fsp3) is 0.875. The first-order valence-corrected chi connectivity index (χ1v) is 4.17. The van der Waals surface area contributed by atoms with E-state index in [4.69, 9.17) is 9.84 Å². The highest BCUT2D eigenvalue weighted by Crippen LogP contribution is 2.21. The van der Waals surface area contributed by atoms with E-state index in [9.17, 15) is 4.79 Å². The number of rotatable bonds is 2. The Morgan fingerprint density at radius 1 is 1.67 bits per heavy atom. The molecule has 0 spiro atoms. The van der Waals surface area contributed by atoms with Crippen molar-refractivity contribution in [2.75, 3.05) is 6.61 Å². The monoisotopic (exact) mass is 173 g/mol. The van der Waals surface area contributed by atoms with Crippen molar-refractivity contribution in [1.29, 1.82) is 0 Å². The lowest BCUT2D eigenvalue weighted by atomic mass is 10.1. The minimum Gasteiger partial charge on any atom is -0.441 e. The Morgan fingerprint density at radius 2 is 2.25 bits per heavy atom. The van der Waals surface area contributed by atoms with Gasteiger partial charge in [0.05, 0.1) is 12.6 Å². The minimum atomic E-state index is -0.361. The smallest absolute Gasteiger partial charge is 0.410 e. The van der Waals surface area contributed by atoms with Gasteiger partial charge in [0.25, 0.3) is 0 Å². The number of aliphatic hydroxyl groups is 1. The molecule has 1 fully saturated rings. The molecule has 1 heterocycles. The predicted octanol–water partition coefficient (Wildman–Crippen LogP) is 0.596. The van der Waals surface area contributed by atoms with Gasteiger partial charge in [0, 0.05) is 6.04 Å². The van der Waals surface area contributed by atoms with Crippen molar-refractivity contribution in [1.82, 2.24) is 4.90 Å². The number of nitrogens with zero attached hydrogens (tertiary/aromatic N) is 1. The Hall–Kier alpha value is -0.770. The van der Waals surface area contributed by atoms with Crippen molar-refractivity contribution < 1.29 is 14.6 Å². The van der Waals surface area contributed by atoms with Crippen LogP contribution in [-0.4, -0.2) is 40.9 Å². The molecular weight excluding hydrogens is 158 g/mol. The van der Waals surface area contributed by atoms with Crippen LogP contribution in [0.15, 0.2) is 0 Å². The van der Waals surface area contributed by atoms with E-state index in [1.54, 1.807) is 4.90 Å². The number of aliphatic hydroxyl groups excluding tert-OH is 1. The number of cyclic esters (lactones) is 1. The van der Waals surface area contributed by atoms with E-state index >= 15 is 0 Å². The molecule has 0 saturated carbocycles. The van der Waals surface area contributed by atoms with Gasteiger partial charge in [-0.15, -0.1) is 0 Å². The molecule has 4 nitrogen and oxygen atoms in total. The topological polar surface area (TPSA) is 49.8 Å². The van der Waals surface area contributed by atoms with Crippen molar-refractivity contribution in [3.05, 3.63) is 0 Å². The molecule has 0 radical (unpaired) electrons. The lowest BCUT2D eigenvalue weighted by Gasteiger charge is -2.23. The largest absolute Gasteiger partial charge is 0.441 e. The molecule has 0 aromatic carbocycles. The molecule has 0 bridgehead atoms. The van der Waals surface area contributed by atoms with Gasteiger partial charge in [-0.25, -0.2) is 4.79 Å². The van der Waals surface area contributed by atoms with Crippen molar-refractivity contribution in [3.63, 3.8) is 0 Å². The van der Waals surface area contributed by atoms with Gasteiger partial charge in [0.15, 0.2) is 0 Å². The molecule has 2 atom stereocenters. The molecule has 1 amide bonds. The van der Waals surface area contributed by atoms with Crippen molar-refractivity contribution in [2.24, 2.45) is 0 Å². The van der Waals surface area contributed by atoms with E-state index in [2.05, 4.69) is 0 Å². The SMILES string of the molecule is CC(C)N1C(=O)OC(CO)[C@@H]1C. The quantitative estimate of drug-likeness (QED) is 0.665. The van der Waals surface area contributed by atoms with E-state index in [-0.39, 0.29) is 30.9 Å². The highest BCUT2D eigenvalue weighted by Gasteiger charge is 2.39.